The lowest BCUT2D eigenvalue weighted by Gasteiger charge is -1.98. The third-order valence-electron chi connectivity index (χ3n) is 2.17. The van der Waals surface area contributed by atoms with Crippen LogP contribution >= 0.6 is 0 Å². The molecule has 1 aromatic carbocycles. The largest absolute Gasteiger partial charge is 0.361 e. The molecule has 0 N–H and O–H groups in total. The third kappa shape index (κ3) is 1.41. The quantitative estimate of drug-likeness (QED) is 0.692. The van der Waals surface area contributed by atoms with Crippen molar-refractivity contribution in [2.75, 3.05) is 0 Å². The van der Waals surface area contributed by atoms with E-state index in [2.05, 4.69) is 5.16 Å². The lowest BCUT2D eigenvalue weighted by molar-refractivity contribution is 0.393. The van der Waals surface area contributed by atoms with E-state index in [1.807, 2.05) is 13.8 Å². The molecule has 14 heavy (non-hydrogen) atoms. The van der Waals surface area contributed by atoms with E-state index in [1.54, 1.807) is 12.1 Å². The Morgan fingerprint density at radius 1 is 1.14 bits per heavy atom. The van der Waals surface area contributed by atoms with Gasteiger partial charge in [0.15, 0.2) is 0 Å². The molecule has 2 rings (SSSR count). The van der Waals surface area contributed by atoms with Crippen molar-refractivity contribution < 1.29 is 8.91 Å². The van der Waals surface area contributed by atoms with Gasteiger partial charge in [-0.3, -0.25) is 0 Å². The van der Waals surface area contributed by atoms with E-state index >= 15 is 0 Å². The summed E-state index contributed by atoms with van der Waals surface area (Å²) in [6.07, 6.45) is 0. The minimum absolute atomic E-state index is 0.236. The van der Waals surface area contributed by atoms with Gasteiger partial charge in [0.25, 0.3) is 0 Å². The first-order valence-electron chi connectivity index (χ1n) is 4.37. The molecular weight excluding hydrogens is 181 g/mol. The van der Waals surface area contributed by atoms with Gasteiger partial charge >= 0.3 is 0 Å². The second-order valence-electron chi connectivity index (χ2n) is 3.21. The molecule has 2 nitrogen and oxygen atoms in total. The molecule has 0 spiro atoms. The zero-order chi connectivity index (χ0) is 10.1. The summed E-state index contributed by atoms with van der Waals surface area (Å²) >= 11 is 0. The molecule has 2 aromatic rings. The Kier molecular flexibility index (Phi) is 2.08. The lowest BCUT2D eigenvalue weighted by Crippen LogP contribution is -1.82. The molecular formula is C11H10FNO. The third-order valence-corrected chi connectivity index (χ3v) is 2.17. The summed E-state index contributed by atoms with van der Waals surface area (Å²) in [5, 5.41) is 3.85. The summed E-state index contributed by atoms with van der Waals surface area (Å²) in [6.45, 7) is 3.72. The topological polar surface area (TPSA) is 26.0 Å². The Bertz CT molecular complexity index is 425. The first-order valence-corrected chi connectivity index (χ1v) is 4.37. The molecule has 0 unspecified atom stereocenters. The van der Waals surface area contributed by atoms with Crippen LogP contribution in [0.2, 0.25) is 0 Å². The van der Waals surface area contributed by atoms with E-state index in [0.717, 1.165) is 22.6 Å². The SMILES string of the molecule is Cc1noc(C)c1-c1ccc(F)cc1. The highest BCUT2D eigenvalue weighted by Gasteiger charge is 2.10. The Morgan fingerprint density at radius 3 is 2.29 bits per heavy atom. The molecule has 0 fully saturated rings. The summed E-state index contributed by atoms with van der Waals surface area (Å²) in [5.41, 5.74) is 2.71. The van der Waals surface area contributed by atoms with Crippen LogP contribution in [0.25, 0.3) is 11.1 Å². The maximum atomic E-state index is 12.7. The molecule has 3 heteroatoms. The highest BCUT2D eigenvalue weighted by atomic mass is 19.1. The van der Waals surface area contributed by atoms with Gasteiger partial charge in [-0.15, -0.1) is 0 Å². The first-order chi connectivity index (χ1) is 6.68. The van der Waals surface area contributed by atoms with Crippen LogP contribution in [-0.2, 0) is 0 Å². The predicted octanol–water partition coefficient (Wildman–Crippen LogP) is 3.10. The number of benzene rings is 1. The number of hydrogen-bond acceptors (Lipinski definition) is 2. The van der Waals surface area contributed by atoms with Crippen molar-refractivity contribution in [1.82, 2.24) is 5.16 Å². The fourth-order valence-electron chi connectivity index (χ4n) is 1.51. The lowest BCUT2D eigenvalue weighted by atomic mass is 10.0. The van der Waals surface area contributed by atoms with Crippen molar-refractivity contribution >= 4 is 0 Å². The van der Waals surface area contributed by atoms with Crippen LogP contribution in [-0.4, -0.2) is 5.16 Å². The average Bonchev–Trinajstić information content (AvgIpc) is 2.49. The van der Waals surface area contributed by atoms with Gasteiger partial charge < -0.3 is 4.52 Å². The molecule has 0 bridgehead atoms. The van der Waals surface area contributed by atoms with E-state index in [1.165, 1.54) is 12.1 Å². The van der Waals surface area contributed by atoms with Crippen molar-refractivity contribution in [3.8, 4) is 11.1 Å². The van der Waals surface area contributed by atoms with E-state index in [0.29, 0.717) is 0 Å². The molecule has 1 heterocycles. The van der Waals surface area contributed by atoms with Crippen LogP contribution < -0.4 is 0 Å². The molecule has 0 aliphatic heterocycles. The van der Waals surface area contributed by atoms with Crippen molar-refractivity contribution in [1.29, 1.82) is 0 Å². The molecule has 0 atom stereocenters. The normalized spacial score (nSPS) is 10.5. The van der Waals surface area contributed by atoms with E-state index < -0.39 is 0 Å². The molecule has 0 saturated carbocycles. The van der Waals surface area contributed by atoms with Crippen molar-refractivity contribution in [2.45, 2.75) is 13.8 Å². The fourth-order valence-corrected chi connectivity index (χ4v) is 1.51. The number of nitrogens with zero attached hydrogens (tertiary/aromatic N) is 1. The van der Waals surface area contributed by atoms with Crippen LogP contribution in [0.15, 0.2) is 28.8 Å². The van der Waals surface area contributed by atoms with Crippen LogP contribution in [0.3, 0.4) is 0 Å². The van der Waals surface area contributed by atoms with Gasteiger partial charge in [0.1, 0.15) is 11.6 Å². The minimum atomic E-state index is -0.236. The zero-order valence-electron chi connectivity index (χ0n) is 8.04. The van der Waals surface area contributed by atoms with Crippen LogP contribution in [0.5, 0.6) is 0 Å². The minimum Gasteiger partial charge on any atom is -0.361 e. The van der Waals surface area contributed by atoms with Gasteiger partial charge in [-0.05, 0) is 31.5 Å². The molecule has 0 radical (unpaired) electrons. The summed E-state index contributed by atoms with van der Waals surface area (Å²) in [7, 11) is 0. The van der Waals surface area contributed by atoms with Crippen LogP contribution in [0.4, 0.5) is 4.39 Å². The van der Waals surface area contributed by atoms with E-state index in [-0.39, 0.29) is 5.82 Å². The van der Waals surface area contributed by atoms with Gasteiger partial charge in [-0.25, -0.2) is 4.39 Å². The summed E-state index contributed by atoms with van der Waals surface area (Å²) in [5.74, 6) is 0.523. The maximum Gasteiger partial charge on any atom is 0.141 e. The molecule has 1 aromatic heterocycles. The van der Waals surface area contributed by atoms with Crippen molar-refractivity contribution in [2.24, 2.45) is 0 Å². The second-order valence-corrected chi connectivity index (χ2v) is 3.21. The van der Waals surface area contributed by atoms with Crippen molar-refractivity contribution in [3.63, 3.8) is 0 Å². The number of rotatable bonds is 1. The highest BCUT2D eigenvalue weighted by molar-refractivity contribution is 5.67. The van der Waals surface area contributed by atoms with Gasteiger partial charge in [-0.1, -0.05) is 17.3 Å². The molecule has 0 saturated heterocycles. The number of aryl methyl sites for hydroxylation is 2. The van der Waals surface area contributed by atoms with E-state index in [4.69, 9.17) is 4.52 Å². The number of halogens is 1. The summed E-state index contributed by atoms with van der Waals surface area (Å²) in [6, 6.07) is 6.31. The number of hydrogen-bond donors (Lipinski definition) is 0. The predicted molar refractivity (Wildman–Crippen MR) is 51.4 cm³/mol. The Balaban J connectivity index is 2.54. The van der Waals surface area contributed by atoms with Gasteiger partial charge in [0, 0.05) is 5.56 Å². The molecule has 0 aliphatic carbocycles. The van der Waals surface area contributed by atoms with Gasteiger partial charge in [0.05, 0.1) is 5.69 Å². The fraction of sp³-hybridized carbons (Fsp3) is 0.182. The zero-order valence-corrected chi connectivity index (χ0v) is 8.04. The monoisotopic (exact) mass is 191 g/mol. The first kappa shape index (κ1) is 8.94. The summed E-state index contributed by atoms with van der Waals surface area (Å²) < 4.78 is 17.7. The molecule has 0 amide bonds. The standard InChI is InChI=1S/C11H10FNO/c1-7-11(8(2)14-13-7)9-3-5-10(12)6-4-9/h3-6H,1-2H3. The Hall–Kier alpha value is -1.64. The van der Waals surface area contributed by atoms with Gasteiger partial charge in [-0.2, -0.15) is 0 Å². The highest BCUT2D eigenvalue weighted by Crippen LogP contribution is 2.26. The number of aromatic nitrogens is 1. The summed E-state index contributed by atoms with van der Waals surface area (Å²) in [4.78, 5) is 0. The molecule has 0 aliphatic rings. The van der Waals surface area contributed by atoms with Crippen LogP contribution in [0, 0.1) is 19.7 Å². The van der Waals surface area contributed by atoms with Gasteiger partial charge in [0.2, 0.25) is 0 Å². The smallest absolute Gasteiger partial charge is 0.141 e. The Labute approximate surface area is 81.3 Å². The van der Waals surface area contributed by atoms with Crippen LogP contribution in [0.1, 0.15) is 11.5 Å². The van der Waals surface area contributed by atoms with E-state index in [9.17, 15) is 4.39 Å². The second kappa shape index (κ2) is 3.25. The average molecular weight is 191 g/mol. The maximum absolute atomic E-state index is 12.7. The molecule has 72 valence electrons. The Morgan fingerprint density at radius 2 is 1.79 bits per heavy atom. The van der Waals surface area contributed by atoms with Crippen molar-refractivity contribution in [3.05, 3.63) is 41.5 Å².